The van der Waals surface area contributed by atoms with Gasteiger partial charge in [-0.15, -0.1) is 0 Å². The molecule has 1 heterocycles. The van der Waals surface area contributed by atoms with E-state index in [9.17, 15) is 13.2 Å². The number of hydrogen-bond acceptors (Lipinski definition) is 5. The van der Waals surface area contributed by atoms with E-state index in [2.05, 4.69) is 20.9 Å². The van der Waals surface area contributed by atoms with Crippen molar-refractivity contribution in [3.05, 3.63) is 29.8 Å². The van der Waals surface area contributed by atoms with Crippen LogP contribution in [0.1, 0.15) is 44.0 Å². The van der Waals surface area contributed by atoms with Crippen LogP contribution in [0.5, 0.6) is 0 Å². The number of ether oxygens (including phenoxy) is 1. The minimum atomic E-state index is -3.64. The van der Waals surface area contributed by atoms with Crippen LogP contribution in [0.3, 0.4) is 0 Å². The van der Waals surface area contributed by atoms with Gasteiger partial charge in [0.15, 0.2) is 5.11 Å². The van der Waals surface area contributed by atoms with Gasteiger partial charge in [0.1, 0.15) is 0 Å². The summed E-state index contributed by atoms with van der Waals surface area (Å²) in [6.45, 7) is 6.73. The minimum absolute atomic E-state index is 0.0820. The first-order chi connectivity index (χ1) is 12.6. The second-order valence-electron chi connectivity index (χ2n) is 7.29. The summed E-state index contributed by atoms with van der Waals surface area (Å²) in [4.78, 5) is 12.2. The number of amides is 1. The second-order valence-corrected chi connectivity index (χ2v) is 9.47. The molecule has 0 aliphatic carbocycles. The topological polar surface area (TPSA) is 109 Å². The van der Waals surface area contributed by atoms with E-state index >= 15 is 0 Å². The Kier molecular flexibility index (Phi) is 7.15. The maximum atomic E-state index is 12.3. The second kappa shape index (κ2) is 8.96. The van der Waals surface area contributed by atoms with E-state index in [4.69, 9.17) is 17.0 Å². The Balaban J connectivity index is 1.89. The molecule has 0 aromatic heterocycles. The molecule has 10 heteroatoms. The fourth-order valence-corrected chi connectivity index (χ4v) is 3.86. The predicted octanol–water partition coefficient (Wildman–Crippen LogP) is 1.05. The molecule has 1 saturated heterocycles. The SMILES string of the molecule is CC(C)(C)NC(=S)NNC(=O)c1ccc(S(=O)(=O)NC[C@H]2CCCO2)cc1. The number of nitrogens with one attached hydrogen (secondary N) is 4. The third kappa shape index (κ3) is 7.06. The molecule has 0 bridgehead atoms. The average Bonchev–Trinajstić information content (AvgIpc) is 3.10. The van der Waals surface area contributed by atoms with Gasteiger partial charge in [-0.3, -0.25) is 15.6 Å². The lowest BCUT2D eigenvalue weighted by molar-refractivity contribution is 0.0943. The molecular formula is C17H26N4O4S2. The molecule has 0 saturated carbocycles. The van der Waals surface area contributed by atoms with Gasteiger partial charge in [0.2, 0.25) is 10.0 Å². The maximum Gasteiger partial charge on any atom is 0.269 e. The Morgan fingerprint density at radius 1 is 1.22 bits per heavy atom. The number of carbonyl (C=O) groups excluding carboxylic acids is 1. The molecule has 27 heavy (non-hydrogen) atoms. The van der Waals surface area contributed by atoms with Crippen LogP contribution < -0.4 is 20.9 Å². The van der Waals surface area contributed by atoms with Crippen molar-refractivity contribution in [2.45, 2.75) is 50.2 Å². The third-order valence-electron chi connectivity index (χ3n) is 3.73. The van der Waals surface area contributed by atoms with E-state index < -0.39 is 15.9 Å². The van der Waals surface area contributed by atoms with Crippen molar-refractivity contribution in [1.82, 2.24) is 20.9 Å². The largest absolute Gasteiger partial charge is 0.377 e. The van der Waals surface area contributed by atoms with Crippen molar-refractivity contribution < 1.29 is 17.9 Å². The maximum absolute atomic E-state index is 12.3. The lowest BCUT2D eigenvalue weighted by Gasteiger charge is -2.23. The fraction of sp³-hybridized carbons (Fsp3) is 0.529. The number of hydrazine groups is 1. The van der Waals surface area contributed by atoms with E-state index in [0.29, 0.717) is 12.2 Å². The number of rotatable bonds is 5. The molecule has 0 unspecified atom stereocenters. The number of carbonyl (C=O) groups is 1. The Hall–Kier alpha value is -1.75. The van der Waals surface area contributed by atoms with E-state index in [0.717, 1.165) is 12.8 Å². The van der Waals surface area contributed by atoms with Crippen molar-refractivity contribution in [2.24, 2.45) is 0 Å². The molecule has 1 atom stereocenters. The fourth-order valence-electron chi connectivity index (χ4n) is 2.43. The highest BCUT2D eigenvalue weighted by atomic mass is 32.2. The summed E-state index contributed by atoms with van der Waals surface area (Å²) in [5.74, 6) is -0.427. The highest BCUT2D eigenvalue weighted by Crippen LogP contribution is 2.14. The standard InChI is InChI=1S/C17H26N4O4S2/c1-17(2,3)19-16(26)21-20-15(22)12-6-8-14(9-7-12)27(23,24)18-11-13-5-4-10-25-13/h6-9,13,18H,4-5,10-11H2,1-3H3,(H,20,22)(H2,19,21,26)/t13-/m1/s1. The van der Waals surface area contributed by atoms with Crippen LogP contribution in [-0.2, 0) is 14.8 Å². The first kappa shape index (κ1) is 21.5. The summed E-state index contributed by atoms with van der Waals surface area (Å²) in [7, 11) is -3.64. The molecular weight excluding hydrogens is 388 g/mol. The Morgan fingerprint density at radius 2 is 1.89 bits per heavy atom. The molecule has 8 nitrogen and oxygen atoms in total. The first-order valence-corrected chi connectivity index (χ1v) is 10.6. The van der Waals surface area contributed by atoms with Crippen molar-refractivity contribution in [2.75, 3.05) is 13.2 Å². The zero-order chi connectivity index (χ0) is 20.1. The highest BCUT2D eigenvalue weighted by molar-refractivity contribution is 7.89. The molecule has 0 radical (unpaired) electrons. The molecule has 0 spiro atoms. The highest BCUT2D eigenvalue weighted by Gasteiger charge is 2.20. The van der Waals surface area contributed by atoms with Gasteiger partial charge in [-0.1, -0.05) is 0 Å². The van der Waals surface area contributed by atoms with E-state index in [1.165, 1.54) is 24.3 Å². The first-order valence-electron chi connectivity index (χ1n) is 8.67. The number of benzene rings is 1. The van der Waals surface area contributed by atoms with Crippen LogP contribution in [0.4, 0.5) is 0 Å². The van der Waals surface area contributed by atoms with Crippen LogP contribution in [0.2, 0.25) is 0 Å². The van der Waals surface area contributed by atoms with Gasteiger partial charge in [0.25, 0.3) is 5.91 Å². The van der Waals surface area contributed by atoms with Crippen molar-refractivity contribution in [1.29, 1.82) is 0 Å². The minimum Gasteiger partial charge on any atom is -0.377 e. The summed E-state index contributed by atoms with van der Waals surface area (Å²) in [5, 5.41) is 3.29. The van der Waals surface area contributed by atoms with Crippen LogP contribution in [0.15, 0.2) is 29.2 Å². The van der Waals surface area contributed by atoms with Gasteiger partial charge >= 0.3 is 0 Å². The van der Waals surface area contributed by atoms with Crippen molar-refractivity contribution >= 4 is 33.3 Å². The lowest BCUT2D eigenvalue weighted by Crippen LogP contribution is -2.52. The summed E-state index contributed by atoms with van der Waals surface area (Å²) in [5.41, 5.74) is 5.15. The molecule has 1 aliphatic rings. The van der Waals surface area contributed by atoms with Crippen LogP contribution in [-0.4, -0.2) is 44.2 Å². The van der Waals surface area contributed by atoms with Crippen LogP contribution >= 0.6 is 12.2 Å². The van der Waals surface area contributed by atoms with Gasteiger partial charge in [-0.25, -0.2) is 13.1 Å². The summed E-state index contributed by atoms with van der Waals surface area (Å²) in [6, 6.07) is 5.66. The van der Waals surface area contributed by atoms with Crippen molar-refractivity contribution in [3.8, 4) is 0 Å². The quantitative estimate of drug-likeness (QED) is 0.421. The number of sulfonamides is 1. The summed E-state index contributed by atoms with van der Waals surface area (Å²) < 4.78 is 32.6. The predicted molar refractivity (Wildman–Crippen MR) is 107 cm³/mol. The zero-order valence-electron chi connectivity index (χ0n) is 15.7. The Labute approximate surface area is 165 Å². The molecule has 4 N–H and O–H groups in total. The van der Waals surface area contributed by atoms with Gasteiger partial charge in [0, 0.05) is 24.3 Å². The monoisotopic (exact) mass is 414 g/mol. The molecule has 150 valence electrons. The summed E-state index contributed by atoms with van der Waals surface area (Å²) in [6.07, 6.45) is 1.71. The molecule has 1 aromatic carbocycles. The smallest absolute Gasteiger partial charge is 0.269 e. The number of hydrogen-bond donors (Lipinski definition) is 4. The molecule has 1 aromatic rings. The normalized spacial score (nSPS) is 17.4. The lowest BCUT2D eigenvalue weighted by atomic mass is 10.1. The molecule has 1 fully saturated rings. The van der Waals surface area contributed by atoms with Gasteiger partial charge in [0.05, 0.1) is 11.0 Å². The van der Waals surface area contributed by atoms with Gasteiger partial charge in [-0.2, -0.15) is 0 Å². The molecule has 1 aliphatic heterocycles. The Morgan fingerprint density at radius 3 is 2.44 bits per heavy atom. The van der Waals surface area contributed by atoms with Crippen LogP contribution in [0.25, 0.3) is 0 Å². The van der Waals surface area contributed by atoms with E-state index in [1.54, 1.807) is 0 Å². The third-order valence-corrected chi connectivity index (χ3v) is 5.37. The van der Waals surface area contributed by atoms with Crippen LogP contribution in [0, 0.1) is 0 Å². The van der Waals surface area contributed by atoms with Crippen molar-refractivity contribution in [3.63, 3.8) is 0 Å². The van der Waals surface area contributed by atoms with E-state index in [-0.39, 0.29) is 28.2 Å². The van der Waals surface area contributed by atoms with E-state index in [1.807, 2.05) is 20.8 Å². The number of thiocarbonyl (C=S) groups is 1. The molecule has 1 amide bonds. The van der Waals surface area contributed by atoms with Gasteiger partial charge in [-0.05, 0) is 70.1 Å². The van der Waals surface area contributed by atoms with Gasteiger partial charge < -0.3 is 10.1 Å². The Bertz CT molecular complexity index is 767. The zero-order valence-corrected chi connectivity index (χ0v) is 17.3. The molecule has 2 rings (SSSR count). The summed E-state index contributed by atoms with van der Waals surface area (Å²) >= 11 is 5.08. The average molecular weight is 415 g/mol.